The van der Waals surface area contributed by atoms with Gasteiger partial charge in [0.2, 0.25) is 0 Å². The first-order chi connectivity index (χ1) is 16.3. The molecule has 2 heteroatoms. The van der Waals surface area contributed by atoms with Gasteiger partial charge in [-0.05, 0) is 29.0 Å². The minimum atomic E-state index is -0.0378. The first-order valence-corrected chi connectivity index (χ1v) is 12.8. The lowest BCUT2D eigenvalue weighted by Gasteiger charge is -2.22. The monoisotopic (exact) mass is 437 g/mol. The molecule has 0 amide bonds. The Labute approximate surface area is 198 Å². The van der Waals surface area contributed by atoms with Crippen molar-refractivity contribution in [1.82, 2.24) is 4.90 Å². The highest BCUT2D eigenvalue weighted by Crippen LogP contribution is 2.52. The average Bonchev–Trinajstić information content (AvgIpc) is 3.62. The number of rotatable bonds is 9. The summed E-state index contributed by atoms with van der Waals surface area (Å²) in [5.41, 5.74) is 3.75. The number of hydrogen-bond donors (Lipinski definition) is 0. The number of hydrogen-bond acceptors (Lipinski definition) is 2. The van der Waals surface area contributed by atoms with Gasteiger partial charge >= 0.3 is 0 Å². The molecule has 0 N–H and O–H groups in total. The molecule has 1 aliphatic heterocycles. The SMILES string of the molecule is O=C(CCCC1CCCCC1)[C@@H]1[C@H](c2ccccc2)N1C(c1ccccc1)c1ccccc1. The molecular formula is C31H35NO. The summed E-state index contributed by atoms with van der Waals surface area (Å²) in [4.78, 5) is 16.0. The van der Waals surface area contributed by atoms with Crippen molar-refractivity contribution in [3.63, 3.8) is 0 Å². The topological polar surface area (TPSA) is 20.1 Å². The van der Waals surface area contributed by atoms with Crippen molar-refractivity contribution in [2.24, 2.45) is 5.92 Å². The Bertz CT molecular complexity index is 971. The van der Waals surface area contributed by atoms with Gasteiger partial charge < -0.3 is 0 Å². The van der Waals surface area contributed by atoms with Gasteiger partial charge in [0.1, 0.15) is 0 Å². The van der Waals surface area contributed by atoms with Gasteiger partial charge in [0.05, 0.1) is 18.1 Å². The predicted octanol–water partition coefficient (Wildman–Crippen LogP) is 7.52. The normalized spacial score (nSPS) is 22.9. The summed E-state index contributed by atoms with van der Waals surface area (Å²) in [6.07, 6.45) is 9.83. The van der Waals surface area contributed by atoms with E-state index in [4.69, 9.17) is 0 Å². The molecule has 2 aliphatic rings. The van der Waals surface area contributed by atoms with E-state index in [0.29, 0.717) is 12.2 Å². The molecule has 1 unspecified atom stereocenters. The van der Waals surface area contributed by atoms with Crippen LogP contribution in [0.3, 0.4) is 0 Å². The predicted molar refractivity (Wildman–Crippen MR) is 135 cm³/mol. The second kappa shape index (κ2) is 10.5. The molecule has 3 atom stereocenters. The third kappa shape index (κ3) is 5.12. The van der Waals surface area contributed by atoms with E-state index in [1.165, 1.54) is 55.2 Å². The number of carbonyl (C=O) groups is 1. The molecule has 0 radical (unpaired) electrons. The van der Waals surface area contributed by atoms with Gasteiger partial charge in [-0.3, -0.25) is 9.69 Å². The van der Waals surface area contributed by atoms with Crippen LogP contribution in [0.1, 0.15) is 80.1 Å². The Morgan fingerprint density at radius 2 is 1.30 bits per heavy atom. The number of Topliss-reactive ketones (excluding diaryl/α,β-unsaturated/α-hetero) is 1. The molecule has 1 saturated heterocycles. The van der Waals surface area contributed by atoms with Crippen LogP contribution < -0.4 is 0 Å². The van der Waals surface area contributed by atoms with E-state index in [1.54, 1.807) is 0 Å². The second-order valence-corrected chi connectivity index (χ2v) is 9.83. The van der Waals surface area contributed by atoms with Crippen molar-refractivity contribution in [3.8, 4) is 0 Å². The summed E-state index contributed by atoms with van der Waals surface area (Å²) >= 11 is 0. The molecule has 170 valence electrons. The van der Waals surface area contributed by atoms with Gasteiger partial charge in [-0.2, -0.15) is 0 Å². The molecule has 0 bridgehead atoms. The molecule has 33 heavy (non-hydrogen) atoms. The minimum Gasteiger partial charge on any atom is -0.298 e. The lowest BCUT2D eigenvalue weighted by atomic mass is 9.85. The van der Waals surface area contributed by atoms with E-state index < -0.39 is 0 Å². The van der Waals surface area contributed by atoms with Gasteiger partial charge in [-0.25, -0.2) is 0 Å². The molecule has 1 aliphatic carbocycles. The molecule has 1 heterocycles. The first kappa shape index (κ1) is 22.1. The zero-order valence-corrected chi connectivity index (χ0v) is 19.5. The molecule has 1 saturated carbocycles. The summed E-state index contributed by atoms with van der Waals surface area (Å²) in [7, 11) is 0. The Balaban J connectivity index is 1.38. The molecule has 5 rings (SSSR count). The average molecular weight is 438 g/mol. The highest BCUT2D eigenvalue weighted by atomic mass is 16.1. The lowest BCUT2D eigenvalue weighted by Crippen LogP contribution is -2.19. The Kier molecular flexibility index (Phi) is 7.02. The standard InChI is InChI=1S/C31H35NO/c33-28(23-13-16-24-14-5-1-6-15-24)31-30(27-21-11-4-12-22-27)32(31)29(25-17-7-2-8-18-25)26-19-9-3-10-20-26/h2-4,7-12,17-22,24,29-31H,1,5-6,13-16,23H2/t30-,31+,32?/m0/s1. The molecule has 3 aromatic rings. The van der Waals surface area contributed by atoms with Crippen LogP contribution >= 0.6 is 0 Å². The maximum absolute atomic E-state index is 13.6. The van der Waals surface area contributed by atoms with Crippen LogP contribution in [0, 0.1) is 5.92 Å². The van der Waals surface area contributed by atoms with Crippen LogP contribution in [-0.4, -0.2) is 16.7 Å². The van der Waals surface area contributed by atoms with Crippen molar-refractivity contribution in [2.45, 2.75) is 69.5 Å². The summed E-state index contributed by atoms with van der Waals surface area (Å²) < 4.78 is 0. The van der Waals surface area contributed by atoms with Crippen molar-refractivity contribution >= 4 is 5.78 Å². The van der Waals surface area contributed by atoms with Crippen molar-refractivity contribution in [3.05, 3.63) is 108 Å². The number of nitrogens with zero attached hydrogens (tertiary/aromatic N) is 1. The van der Waals surface area contributed by atoms with E-state index in [9.17, 15) is 4.79 Å². The summed E-state index contributed by atoms with van der Waals surface area (Å²) in [5, 5.41) is 0. The molecule has 2 nitrogen and oxygen atoms in total. The Hall–Kier alpha value is -2.71. The fraction of sp³-hybridized carbons (Fsp3) is 0.387. The van der Waals surface area contributed by atoms with E-state index in [2.05, 4.69) is 95.9 Å². The highest BCUT2D eigenvalue weighted by Gasteiger charge is 2.56. The first-order valence-electron chi connectivity index (χ1n) is 12.8. The molecule has 0 spiro atoms. The molecule has 3 aromatic carbocycles. The van der Waals surface area contributed by atoms with E-state index in [1.807, 2.05) is 0 Å². The summed E-state index contributed by atoms with van der Waals surface area (Å²) in [6, 6.07) is 32.1. The molecule has 0 aromatic heterocycles. The van der Waals surface area contributed by atoms with E-state index in [-0.39, 0.29) is 18.1 Å². The number of carbonyl (C=O) groups excluding carboxylic acids is 1. The number of benzene rings is 3. The fourth-order valence-electron chi connectivity index (χ4n) is 5.91. The smallest absolute Gasteiger partial charge is 0.151 e. The second-order valence-electron chi connectivity index (χ2n) is 9.83. The van der Waals surface area contributed by atoms with Crippen LogP contribution in [0.25, 0.3) is 0 Å². The van der Waals surface area contributed by atoms with Crippen LogP contribution in [0.15, 0.2) is 91.0 Å². The van der Waals surface area contributed by atoms with Gasteiger partial charge in [0.15, 0.2) is 5.78 Å². The summed E-state index contributed by atoms with van der Waals surface area (Å²) in [6.45, 7) is 0. The van der Waals surface area contributed by atoms with Gasteiger partial charge in [-0.15, -0.1) is 0 Å². The third-order valence-electron chi connectivity index (χ3n) is 7.61. The maximum Gasteiger partial charge on any atom is 0.151 e. The van der Waals surface area contributed by atoms with Crippen LogP contribution in [-0.2, 0) is 4.79 Å². The fourth-order valence-corrected chi connectivity index (χ4v) is 5.91. The molecule has 2 fully saturated rings. The summed E-state index contributed by atoms with van der Waals surface area (Å²) in [5.74, 6) is 1.25. The quantitative estimate of drug-likeness (QED) is 0.323. The Morgan fingerprint density at radius 1 is 0.758 bits per heavy atom. The van der Waals surface area contributed by atoms with Crippen molar-refractivity contribution < 1.29 is 4.79 Å². The third-order valence-corrected chi connectivity index (χ3v) is 7.61. The van der Waals surface area contributed by atoms with Gasteiger partial charge in [0.25, 0.3) is 0 Å². The number of ketones is 1. The van der Waals surface area contributed by atoms with Crippen molar-refractivity contribution in [2.75, 3.05) is 0 Å². The van der Waals surface area contributed by atoms with Crippen LogP contribution in [0.4, 0.5) is 0 Å². The van der Waals surface area contributed by atoms with E-state index >= 15 is 0 Å². The molecular weight excluding hydrogens is 402 g/mol. The zero-order chi connectivity index (χ0) is 22.5. The van der Waals surface area contributed by atoms with Gasteiger partial charge in [-0.1, -0.05) is 130 Å². The largest absolute Gasteiger partial charge is 0.298 e. The van der Waals surface area contributed by atoms with Crippen LogP contribution in [0.2, 0.25) is 0 Å². The van der Waals surface area contributed by atoms with Gasteiger partial charge in [0, 0.05) is 6.42 Å². The zero-order valence-electron chi connectivity index (χ0n) is 19.5. The van der Waals surface area contributed by atoms with Crippen molar-refractivity contribution in [1.29, 1.82) is 0 Å². The Morgan fingerprint density at radius 3 is 1.88 bits per heavy atom. The highest BCUT2D eigenvalue weighted by molar-refractivity contribution is 5.88. The minimum absolute atomic E-state index is 0.0378. The van der Waals surface area contributed by atoms with E-state index in [0.717, 1.165) is 12.3 Å². The maximum atomic E-state index is 13.6. The lowest BCUT2D eigenvalue weighted by molar-refractivity contribution is -0.119. The van der Waals surface area contributed by atoms with Crippen LogP contribution in [0.5, 0.6) is 0 Å².